The third-order valence-corrected chi connectivity index (χ3v) is 4.52. The summed E-state index contributed by atoms with van der Waals surface area (Å²) in [5.41, 5.74) is 2.32. The SMILES string of the molecule is C[C@H](Nc1ccc(C#N)cn1)c1cc(F)ccc1N1CCC(O)CC1. The highest BCUT2D eigenvalue weighted by Crippen LogP contribution is 2.31. The van der Waals surface area contributed by atoms with Crippen LogP contribution < -0.4 is 10.2 Å². The Bertz CT molecular complexity index is 764. The number of halogens is 1. The van der Waals surface area contributed by atoms with Crippen molar-refractivity contribution in [1.29, 1.82) is 5.26 Å². The van der Waals surface area contributed by atoms with Gasteiger partial charge in [0.2, 0.25) is 0 Å². The number of nitriles is 1. The lowest BCUT2D eigenvalue weighted by molar-refractivity contribution is 0.145. The van der Waals surface area contributed by atoms with Crippen LogP contribution in [0.25, 0.3) is 0 Å². The first-order valence-corrected chi connectivity index (χ1v) is 8.42. The molecule has 130 valence electrons. The van der Waals surface area contributed by atoms with E-state index >= 15 is 0 Å². The molecule has 0 saturated carbocycles. The monoisotopic (exact) mass is 340 g/mol. The first-order valence-electron chi connectivity index (χ1n) is 8.42. The average molecular weight is 340 g/mol. The van der Waals surface area contributed by atoms with Crippen LogP contribution in [-0.2, 0) is 0 Å². The zero-order chi connectivity index (χ0) is 17.8. The van der Waals surface area contributed by atoms with Crippen molar-refractivity contribution in [1.82, 2.24) is 4.98 Å². The number of anilines is 2. The number of rotatable bonds is 4. The maximum atomic E-state index is 13.8. The Balaban J connectivity index is 1.82. The van der Waals surface area contributed by atoms with Gasteiger partial charge in [0.05, 0.1) is 17.7 Å². The number of hydrogen-bond acceptors (Lipinski definition) is 5. The minimum atomic E-state index is -0.280. The fourth-order valence-corrected chi connectivity index (χ4v) is 3.11. The van der Waals surface area contributed by atoms with Gasteiger partial charge >= 0.3 is 0 Å². The van der Waals surface area contributed by atoms with Crippen LogP contribution in [0.5, 0.6) is 0 Å². The van der Waals surface area contributed by atoms with Crippen LogP contribution in [0.3, 0.4) is 0 Å². The molecule has 1 aliphatic heterocycles. The summed E-state index contributed by atoms with van der Waals surface area (Å²) in [5, 5.41) is 21.8. The number of aliphatic hydroxyl groups is 1. The molecule has 3 rings (SSSR count). The number of nitrogens with zero attached hydrogens (tertiary/aromatic N) is 3. The predicted molar refractivity (Wildman–Crippen MR) is 94.8 cm³/mol. The van der Waals surface area contributed by atoms with Crippen molar-refractivity contribution in [2.45, 2.75) is 31.9 Å². The maximum Gasteiger partial charge on any atom is 0.126 e. The van der Waals surface area contributed by atoms with Gasteiger partial charge in [-0.1, -0.05) is 0 Å². The van der Waals surface area contributed by atoms with Crippen molar-refractivity contribution in [3.05, 3.63) is 53.5 Å². The molecule has 25 heavy (non-hydrogen) atoms. The quantitative estimate of drug-likeness (QED) is 0.894. The van der Waals surface area contributed by atoms with E-state index in [9.17, 15) is 9.50 Å². The van der Waals surface area contributed by atoms with E-state index in [4.69, 9.17) is 5.26 Å². The fraction of sp³-hybridized carbons (Fsp3) is 0.368. The largest absolute Gasteiger partial charge is 0.393 e. The zero-order valence-electron chi connectivity index (χ0n) is 14.1. The van der Waals surface area contributed by atoms with Gasteiger partial charge in [0.25, 0.3) is 0 Å². The second-order valence-corrected chi connectivity index (χ2v) is 6.33. The summed E-state index contributed by atoms with van der Waals surface area (Å²) in [6.07, 6.45) is 2.69. The Morgan fingerprint density at radius 2 is 2.08 bits per heavy atom. The van der Waals surface area contributed by atoms with Crippen molar-refractivity contribution in [3.8, 4) is 6.07 Å². The summed E-state index contributed by atoms with van der Waals surface area (Å²) < 4.78 is 13.8. The number of aromatic nitrogens is 1. The molecule has 0 amide bonds. The van der Waals surface area contributed by atoms with Crippen molar-refractivity contribution in [2.75, 3.05) is 23.3 Å². The number of piperidine rings is 1. The van der Waals surface area contributed by atoms with Crippen LogP contribution >= 0.6 is 0 Å². The summed E-state index contributed by atoms with van der Waals surface area (Å²) in [4.78, 5) is 6.40. The summed E-state index contributed by atoms with van der Waals surface area (Å²) in [6.45, 7) is 3.46. The number of pyridine rings is 1. The predicted octanol–water partition coefficient (Wildman–Crippen LogP) is 3.23. The Morgan fingerprint density at radius 3 is 2.72 bits per heavy atom. The van der Waals surface area contributed by atoms with E-state index in [1.54, 1.807) is 24.3 Å². The first kappa shape index (κ1) is 17.2. The Kier molecular flexibility index (Phi) is 5.15. The minimum absolute atomic E-state index is 0.155. The molecule has 0 spiro atoms. The zero-order valence-corrected chi connectivity index (χ0v) is 14.1. The molecule has 1 fully saturated rings. The van der Waals surface area contributed by atoms with Crippen LogP contribution in [0, 0.1) is 17.1 Å². The van der Waals surface area contributed by atoms with Crippen molar-refractivity contribution in [3.63, 3.8) is 0 Å². The number of nitrogens with one attached hydrogen (secondary N) is 1. The molecule has 1 aromatic heterocycles. The van der Waals surface area contributed by atoms with E-state index in [-0.39, 0.29) is 18.0 Å². The summed E-state index contributed by atoms with van der Waals surface area (Å²) >= 11 is 0. The average Bonchev–Trinajstić information content (AvgIpc) is 2.63. The van der Waals surface area contributed by atoms with Crippen LogP contribution in [0.15, 0.2) is 36.5 Å². The molecule has 2 N–H and O–H groups in total. The van der Waals surface area contributed by atoms with Gasteiger partial charge in [-0.05, 0) is 50.1 Å². The first-order chi connectivity index (χ1) is 12.1. The van der Waals surface area contributed by atoms with Crippen LogP contribution in [-0.4, -0.2) is 29.3 Å². The molecule has 0 aliphatic carbocycles. The molecule has 0 bridgehead atoms. The number of benzene rings is 1. The molecule has 2 aromatic rings. The van der Waals surface area contributed by atoms with Crippen LogP contribution in [0.2, 0.25) is 0 Å². The third-order valence-electron chi connectivity index (χ3n) is 4.52. The van der Waals surface area contributed by atoms with Gasteiger partial charge in [-0.25, -0.2) is 9.37 Å². The minimum Gasteiger partial charge on any atom is -0.393 e. The highest BCUT2D eigenvalue weighted by molar-refractivity contribution is 5.57. The molecular weight excluding hydrogens is 319 g/mol. The van der Waals surface area contributed by atoms with Crippen molar-refractivity contribution in [2.24, 2.45) is 0 Å². The van der Waals surface area contributed by atoms with E-state index < -0.39 is 0 Å². The van der Waals surface area contributed by atoms with Gasteiger partial charge in [-0.15, -0.1) is 0 Å². The molecular formula is C19H21FN4O. The molecule has 1 aliphatic rings. The fourth-order valence-electron chi connectivity index (χ4n) is 3.11. The smallest absolute Gasteiger partial charge is 0.126 e. The Hall–Kier alpha value is -2.65. The summed E-state index contributed by atoms with van der Waals surface area (Å²) in [6, 6.07) is 10.1. The standard InChI is InChI=1S/C19H21FN4O/c1-13(23-19-5-2-14(11-21)12-22-19)17-10-15(20)3-4-18(17)24-8-6-16(25)7-9-24/h2-5,10,12-13,16,25H,6-9H2,1H3,(H,22,23)/t13-/m0/s1. The highest BCUT2D eigenvalue weighted by atomic mass is 19.1. The maximum absolute atomic E-state index is 13.8. The molecule has 0 radical (unpaired) electrons. The molecule has 0 unspecified atom stereocenters. The topological polar surface area (TPSA) is 72.2 Å². The third kappa shape index (κ3) is 4.06. The van der Waals surface area contributed by atoms with Crippen LogP contribution in [0.1, 0.15) is 36.9 Å². The molecule has 1 aromatic carbocycles. The normalized spacial score (nSPS) is 16.3. The molecule has 2 heterocycles. The Morgan fingerprint density at radius 1 is 1.32 bits per heavy atom. The lowest BCUT2D eigenvalue weighted by Gasteiger charge is -2.34. The summed E-state index contributed by atoms with van der Waals surface area (Å²) in [7, 11) is 0. The van der Waals surface area contributed by atoms with Gasteiger partial charge < -0.3 is 15.3 Å². The highest BCUT2D eigenvalue weighted by Gasteiger charge is 2.21. The number of aliphatic hydroxyl groups excluding tert-OH is 1. The molecule has 5 nitrogen and oxygen atoms in total. The number of hydrogen-bond donors (Lipinski definition) is 2. The molecule has 1 saturated heterocycles. The second-order valence-electron chi connectivity index (χ2n) is 6.33. The van der Waals surface area contributed by atoms with E-state index in [1.165, 1.54) is 12.3 Å². The van der Waals surface area contributed by atoms with E-state index in [2.05, 4.69) is 15.2 Å². The van der Waals surface area contributed by atoms with Gasteiger partial charge in [0.1, 0.15) is 17.7 Å². The lowest BCUT2D eigenvalue weighted by Crippen LogP contribution is -2.36. The molecule has 1 atom stereocenters. The van der Waals surface area contributed by atoms with E-state index in [0.717, 1.165) is 37.2 Å². The van der Waals surface area contributed by atoms with E-state index in [0.29, 0.717) is 11.4 Å². The molecule has 6 heteroatoms. The van der Waals surface area contributed by atoms with Gasteiger partial charge in [-0.2, -0.15) is 5.26 Å². The van der Waals surface area contributed by atoms with Gasteiger partial charge in [-0.3, -0.25) is 0 Å². The van der Waals surface area contributed by atoms with Crippen LogP contribution in [0.4, 0.5) is 15.9 Å². The van der Waals surface area contributed by atoms with Gasteiger partial charge in [0.15, 0.2) is 0 Å². The summed E-state index contributed by atoms with van der Waals surface area (Å²) in [5.74, 6) is 0.355. The Labute approximate surface area is 146 Å². The van der Waals surface area contributed by atoms with Gasteiger partial charge in [0, 0.05) is 30.5 Å². The van der Waals surface area contributed by atoms with E-state index in [1.807, 2.05) is 13.0 Å². The van der Waals surface area contributed by atoms with Crippen molar-refractivity contribution >= 4 is 11.5 Å². The van der Waals surface area contributed by atoms with Crippen molar-refractivity contribution < 1.29 is 9.50 Å². The second kappa shape index (κ2) is 7.49. The lowest BCUT2D eigenvalue weighted by atomic mass is 10.0.